The number of hydrogen-bond donors (Lipinski definition) is 1. The van der Waals surface area contributed by atoms with E-state index < -0.39 is 10.0 Å². The first-order valence-electron chi connectivity index (χ1n) is 10.1. The van der Waals surface area contributed by atoms with Crippen LogP contribution in [-0.2, 0) is 16.6 Å². The summed E-state index contributed by atoms with van der Waals surface area (Å²) in [6, 6.07) is 21.5. The molecule has 0 aliphatic rings. The Labute approximate surface area is 207 Å². The van der Waals surface area contributed by atoms with E-state index >= 15 is 0 Å². The predicted octanol–water partition coefficient (Wildman–Crippen LogP) is 4.07. The number of nitrogens with one attached hydrogen (secondary N) is 1. The largest absolute Gasteiger partial charge is 0.493 e. The van der Waals surface area contributed by atoms with Gasteiger partial charge in [0.05, 0.1) is 32.1 Å². The number of carbonyl (C=O) groups is 1. The van der Waals surface area contributed by atoms with Crippen molar-refractivity contribution in [1.29, 1.82) is 0 Å². The van der Waals surface area contributed by atoms with Gasteiger partial charge in [-0.15, -0.1) is 0 Å². The molecule has 33 heavy (non-hydrogen) atoms. The van der Waals surface area contributed by atoms with E-state index in [0.29, 0.717) is 35.9 Å². The zero-order valence-corrected chi connectivity index (χ0v) is 21.3. The Balaban J connectivity index is 1.57. The second-order valence-electron chi connectivity index (χ2n) is 7.20. The molecule has 0 bridgehead atoms. The molecule has 0 aliphatic carbocycles. The molecule has 0 aliphatic heterocycles. The van der Waals surface area contributed by atoms with Crippen molar-refractivity contribution in [3.63, 3.8) is 0 Å². The van der Waals surface area contributed by atoms with Gasteiger partial charge in [0.15, 0.2) is 11.5 Å². The monoisotopic (exact) mass is 580 g/mol. The van der Waals surface area contributed by atoms with Crippen LogP contribution in [0.4, 0.5) is 5.69 Å². The third-order valence-electron chi connectivity index (χ3n) is 4.77. The minimum atomic E-state index is -3.47. The van der Waals surface area contributed by atoms with Crippen LogP contribution in [0, 0.1) is 3.57 Å². The van der Waals surface area contributed by atoms with Gasteiger partial charge < -0.3 is 14.8 Å². The van der Waals surface area contributed by atoms with E-state index in [1.54, 1.807) is 55.6 Å². The Hall–Kier alpha value is -2.79. The number of amides is 1. The normalized spacial score (nSPS) is 11.0. The minimum absolute atomic E-state index is 0.175. The highest BCUT2D eigenvalue weighted by Gasteiger charge is 2.18. The van der Waals surface area contributed by atoms with Crippen molar-refractivity contribution in [3.05, 3.63) is 87.5 Å². The molecule has 3 rings (SSSR count). The Kier molecular flexibility index (Phi) is 8.56. The fraction of sp³-hybridized carbons (Fsp3) is 0.208. The molecule has 1 N–H and O–H groups in total. The number of rotatable bonds is 10. The molecule has 1 amide bonds. The van der Waals surface area contributed by atoms with Crippen molar-refractivity contribution in [2.75, 3.05) is 30.8 Å². The highest BCUT2D eigenvalue weighted by atomic mass is 127. The van der Waals surface area contributed by atoms with Gasteiger partial charge in [-0.25, -0.2) is 8.42 Å². The summed E-state index contributed by atoms with van der Waals surface area (Å²) in [7, 11) is -1.90. The highest BCUT2D eigenvalue weighted by Crippen LogP contribution is 2.25. The van der Waals surface area contributed by atoms with E-state index in [0.717, 1.165) is 9.13 Å². The Bertz CT molecular complexity index is 1180. The van der Waals surface area contributed by atoms with E-state index in [2.05, 4.69) is 27.9 Å². The maximum Gasteiger partial charge on any atom is 0.251 e. The molecule has 0 saturated heterocycles. The predicted molar refractivity (Wildman–Crippen MR) is 137 cm³/mol. The van der Waals surface area contributed by atoms with Gasteiger partial charge >= 0.3 is 0 Å². The molecular formula is C24H25IN2O5S. The summed E-state index contributed by atoms with van der Waals surface area (Å²) in [4.78, 5) is 12.4. The summed E-state index contributed by atoms with van der Waals surface area (Å²) in [5.74, 6) is 1.01. The quantitative estimate of drug-likeness (QED) is 0.289. The summed E-state index contributed by atoms with van der Waals surface area (Å²) >= 11 is 2.17. The molecule has 3 aromatic carbocycles. The summed E-state index contributed by atoms with van der Waals surface area (Å²) < 4.78 is 37.9. The molecule has 0 fully saturated rings. The van der Waals surface area contributed by atoms with Crippen molar-refractivity contribution in [2.24, 2.45) is 0 Å². The topological polar surface area (TPSA) is 84.9 Å². The second-order valence-corrected chi connectivity index (χ2v) is 10.4. The fourth-order valence-corrected chi connectivity index (χ4v) is 4.35. The van der Waals surface area contributed by atoms with Crippen LogP contribution in [0.25, 0.3) is 0 Å². The smallest absolute Gasteiger partial charge is 0.251 e. The average Bonchev–Trinajstić information content (AvgIpc) is 2.81. The lowest BCUT2D eigenvalue weighted by Crippen LogP contribution is -2.29. The Morgan fingerprint density at radius 2 is 1.61 bits per heavy atom. The fourth-order valence-electron chi connectivity index (χ4n) is 3.10. The summed E-state index contributed by atoms with van der Waals surface area (Å²) in [6.45, 7) is 0.797. The summed E-state index contributed by atoms with van der Waals surface area (Å²) in [5, 5.41) is 2.81. The van der Waals surface area contributed by atoms with Crippen molar-refractivity contribution in [1.82, 2.24) is 5.32 Å². The molecule has 0 radical (unpaired) electrons. The minimum Gasteiger partial charge on any atom is -0.493 e. The van der Waals surface area contributed by atoms with Gasteiger partial charge in [-0.2, -0.15) is 0 Å². The van der Waals surface area contributed by atoms with E-state index in [9.17, 15) is 13.2 Å². The lowest BCUT2D eigenvalue weighted by molar-refractivity contribution is 0.0947. The summed E-state index contributed by atoms with van der Waals surface area (Å²) in [6.07, 6.45) is 1.18. The second kappa shape index (κ2) is 11.4. The van der Waals surface area contributed by atoms with Crippen LogP contribution in [0.15, 0.2) is 72.8 Å². The van der Waals surface area contributed by atoms with Gasteiger partial charge in [0.25, 0.3) is 5.91 Å². The van der Waals surface area contributed by atoms with Crippen molar-refractivity contribution in [2.45, 2.75) is 6.54 Å². The number of hydrogen-bond acceptors (Lipinski definition) is 5. The van der Waals surface area contributed by atoms with Gasteiger partial charge in [0.1, 0.15) is 6.61 Å². The molecule has 0 unspecified atom stereocenters. The molecule has 3 aromatic rings. The van der Waals surface area contributed by atoms with Gasteiger partial charge in [-0.3, -0.25) is 9.10 Å². The zero-order valence-electron chi connectivity index (χ0n) is 18.3. The molecule has 0 heterocycles. The van der Waals surface area contributed by atoms with Gasteiger partial charge in [0.2, 0.25) is 10.0 Å². The summed E-state index contributed by atoms with van der Waals surface area (Å²) in [5.41, 5.74) is 1.85. The number of benzene rings is 3. The molecule has 0 saturated carbocycles. The zero-order chi connectivity index (χ0) is 23.8. The highest BCUT2D eigenvalue weighted by molar-refractivity contribution is 14.1. The molecule has 9 heteroatoms. The van der Waals surface area contributed by atoms with Crippen LogP contribution in [0.5, 0.6) is 11.5 Å². The maximum absolute atomic E-state index is 12.4. The van der Waals surface area contributed by atoms with Crippen LogP contribution in [0.3, 0.4) is 0 Å². The van der Waals surface area contributed by atoms with Crippen LogP contribution >= 0.6 is 22.6 Å². The molecule has 0 atom stereocenters. The van der Waals surface area contributed by atoms with Gasteiger partial charge in [-0.05, 0) is 76.7 Å². The average molecular weight is 580 g/mol. The number of sulfonamides is 1. The SMILES string of the molecule is COc1ccccc1OCCNC(=O)c1ccc(CN(c2ccc(I)cc2)S(C)(=O)=O)cc1. The molecule has 0 aromatic heterocycles. The molecular weight excluding hydrogens is 555 g/mol. The Morgan fingerprint density at radius 1 is 0.970 bits per heavy atom. The lowest BCUT2D eigenvalue weighted by Gasteiger charge is -2.22. The lowest BCUT2D eigenvalue weighted by atomic mass is 10.1. The van der Waals surface area contributed by atoms with E-state index in [1.807, 2.05) is 24.3 Å². The third-order valence-corrected chi connectivity index (χ3v) is 6.63. The first-order valence-corrected chi connectivity index (χ1v) is 13.1. The van der Waals surface area contributed by atoms with E-state index in [1.165, 1.54) is 10.6 Å². The molecule has 174 valence electrons. The number of ether oxygens (including phenoxy) is 2. The van der Waals surface area contributed by atoms with E-state index in [4.69, 9.17) is 9.47 Å². The van der Waals surface area contributed by atoms with Crippen molar-refractivity contribution >= 4 is 44.2 Å². The number of carbonyl (C=O) groups excluding carboxylic acids is 1. The molecule has 0 spiro atoms. The maximum atomic E-state index is 12.4. The van der Waals surface area contributed by atoms with Crippen LogP contribution < -0.4 is 19.1 Å². The number of nitrogens with zero attached hydrogens (tertiary/aromatic N) is 1. The van der Waals surface area contributed by atoms with Crippen molar-refractivity contribution < 1.29 is 22.7 Å². The number of methoxy groups -OCH3 is 1. The van der Waals surface area contributed by atoms with Gasteiger partial charge in [0, 0.05) is 9.13 Å². The number of anilines is 1. The molecule has 7 nitrogen and oxygen atoms in total. The van der Waals surface area contributed by atoms with E-state index in [-0.39, 0.29) is 12.5 Å². The number of para-hydroxylation sites is 2. The first kappa shape index (κ1) is 24.8. The van der Waals surface area contributed by atoms with Crippen molar-refractivity contribution in [3.8, 4) is 11.5 Å². The standard InChI is InChI=1S/C24H25IN2O5S/c1-31-22-5-3-4-6-23(22)32-16-15-26-24(28)19-9-7-18(8-10-19)17-27(33(2,29)30)21-13-11-20(25)12-14-21/h3-14H,15-17H2,1-2H3,(H,26,28). The van der Waals surface area contributed by atoms with Gasteiger partial charge in [-0.1, -0.05) is 24.3 Å². The van der Waals surface area contributed by atoms with Crippen LogP contribution in [0.1, 0.15) is 15.9 Å². The third kappa shape index (κ3) is 7.10. The first-order chi connectivity index (χ1) is 15.8. The van der Waals surface area contributed by atoms with Crippen LogP contribution in [0.2, 0.25) is 0 Å². The number of halogens is 1. The van der Waals surface area contributed by atoms with Crippen LogP contribution in [-0.4, -0.2) is 40.8 Å². The Morgan fingerprint density at radius 3 is 2.21 bits per heavy atom.